The number of piperidine rings is 1. The topological polar surface area (TPSA) is 32.3 Å². The SMILES string of the molecule is CN1CCC[C@H](C(=O)NCCSC2CCCCC2)C1. The molecule has 0 aromatic heterocycles. The van der Waals surface area contributed by atoms with Crippen LogP contribution >= 0.6 is 11.8 Å². The number of likely N-dealkylation sites (tertiary alicyclic amines) is 1. The minimum atomic E-state index is 0.221. The summed E-state index contributed by atoms with van der Waals surface area (Å²) in [6.45, 7) is 2.92. The average molecular weight is 284 g/mol. The van der Waals surface area contributed by atoms with Crippen LogP contribution in [0.5, 0.6) is 0 Å². The van der Waals surface area contributed by atoms with E-state index in [-0.39, 0.29) is 11.8 Å². The van der Waals surface area contributed by atoms with Crippen LogP contribution in [-0.2, 0) is 4.79 Å². The number of hydrogen-bond acceptors (Lipinski definition) is 3. The Morgan fingerprint density at radius 3 is 2.74 bits per heavy atom. The molecule has 1 atom stereocenters. The molecule has 1 heterocycles. The summed E-state index contributed by atoms with van der Waals surface area (Å²) >= 11 is 2.06. The molecule has 2 rings (SSSR count). The van der Waals surface area contributed by atoms with Gasteiger partial charge in [-0.3, -0.25) is 4.79 Å². The number of hydrogen-bond donors (Lipinski definition) is 1. The molecule has 19 heavy (non-hydrogen) atoms. The monoisotopic (exact) mass is 284 g/mol. The zero-order chi connectivity index (χ0) is 13.5. The van der Waals surface area contributed by atoms with E-state index in [1.807, 2.05) is 0 Å². The summed E-state index contributed by atoms with van der Waals surface area (Å²) in [6, 6.07) is 0. The van der Waals surface area contributed by atoms with Gasteiger partial charge >= 0.3 is 0 Å². The fraction of sp³-hybridized carbons (Fsp3) is 0.933. The second-order valence-electron chi connectivity index (χ2n) is 6.02. The molecular formula is C15H28N2OS. The zero-order valence-electron chi connectivity index (χ0n) is 12.2. The predicted octanol–water partition coefficient (Wildman–Crippen LogP) is 2.51. The Labute approximate surface area is 121 Å². The molecule has 2 fully saturated rings. The van der Waals surface area contributed by atoms with Crippen LogP contribution in [0.3, 0.4) is 0 Å². The van der Waals surface area contributed by atoms with Gasteiger partial charge in [0.25, 0.3) is 0 Å². The Morgan fingerprint density at radius 1 is 1.21 bits per heavy atom. The minimum Gasteiger partial charge on any atom is -0.355 e. The predicted molar refractivity (Wildman–Crippen MR) is 82.6 cm³/mol. The molecule has 0 aromatic rings. The van der Waals surface area contributed by atoms with Crippen LogP contribution in [0.15, 0.2) is 0 Å². The Hall–Kier alpha value is -0.220. The van der Waals surface area contributed by atoms with Gasteiger partial charge in [0.1, 0.15) is 0 Å². The average Bonchev–Trinajstić information content (AvgIpc) is 2.44. The van der Waals surface area contributed by atoms with Crippen LogP contribution < -0.4 is 5.32 Å². The third-order valence-corrected chi connectivity index (χ3v) is 5.68. The van der Waals surface area contributed by atoms with Crippen molar-refractivity contribution in [3.63, 3.8) is 0 Å². The maximum Gasteiger partial charge on any atom is 0.224 e. The molecule has 1 saturated carbocycles. The van der Waals surface area contributed by atoms with Gasteiger partial charge in [-0.25, -0.2) is 0 Å². The van der Waals surface area contributed by atoms with E-state index < -0.39 is 0 Å². The van der Waals surface area contributed by atoms with E-state index >= 15 is 0 Å². The number of thioether (sulfide) groups is 1. The van der Waals surface area contributed by atoms with E-state index in [2.05, 4.69) is 29.0 Å². The molecule has 0 radical (unpaired) electrons. The van der Waals surface area contributed by atoms with Crippen LogP contribution in [-0.4, -0.2) is 48.5 Å². The molecule has 3 nitrogen and oxygen atoms in total. The molecule has 0 bridgehead atoms. The molecule has 1 amide bonds. The second kappa shape index (κ2) is 8.15. The molecule has 1 aliphatic carbocycles. The van der Waals surface area contributed by atoms with E-state index in [1.54, 1.807) is 0 Å². The van der Waals surface area contributed by atoms with Gasteiger partial charge in [-0.15, -0.1) is 0 Å². The van der Waals surface area contributed by atoms with Crippen LogP contribution in [0.4, 0.5) is 0 Å². The lowest BCUT2D eigenvalue weighted by molar-refractivity contribution is -0.126. The highest BCUT2D eigenvalue weighted by atomic mass is 32.2. The Bertz CT molecular complexity index is 279. The van der Waals surface area contributed by atoms with Crippen molar-refractivity contribution >= 4 is 17.7 Å². The first-order chi connectivity index (χ1) is 9.25. The smallest absolute Gasteiger partial charge is 0.224 e. The molecule has 4 heteroatoms. The largest absolute Gasteiger partial charge is 0.355 e. The van der Waals surface area contributed by atoms with Gasteiger partial charge in [0, 0.05) is 24.1 Å². The summed E-state index contributed by atoms with van der Waals surface area (Å²) in [7, 11) is 2.11. The summed E-state index contributed by atoms with van der Waals surface area (Å²) in [5.41, 5.74) is 0. The third kappa shape index (κ3) is 5.35. The van der Waals surface area contributed by atoms with Gasteiger partial charge in [0.2, 0.25) is 5.91 Å². The Morgan fingerprint density at radius 2 is 2.00 bits per heavy atom. The molecule has 1 aliphatic heterocycles. The lowest BCUT2D eigenvalue weighted by Crippen LogP contribution is -2.42. The van der Waals surface area contributed by atoms with E-state index in [0.717, 1.165) is 43.5 Å². The maximum atomic E-state index is 12.0. The lowest BCUT2D eigenvalue weighted by atomic mass is 9.98. The normalized spacial score (nSPS) is 26.3. The van der Waals surface area contributed by atoms with E-state index in [4.69, 9.17) is 0 Å². The Balaban J connectivity index is 1.55. The van der Waals surface area contributed by atoms with Gasteiger partial charge in [-0.05, 0) is 39.3 Å². The van der Waals surface area contributed by atoms with Gasteiger partial charge < -0.3 is 10.2 Å². The van der Waals surface area contributed by atoms with Crippen molar-refractivity contribution in [3.8, 4) is 0 Å². The van der Waals surface area contributed by atoms with Crippen molar-refractivity contribution in [2.75, 3.05) is 32.4 Å². The van der Waals surface area contributed by atoms with Gasteiger partial charge in [-0.2, -0.15) is 11.8 Å². The minimum absolute atomic E-state index is 0.221. The third-order valence-electron chi connectivity index (χ3n) is 4.30. The first-order valence-corrected chi connectivity index (χ1v) is 8.88. The van der Waals surface area contributed by atoms with E-state index in [9.17, 15) is 4.79 Å². The molecule has 110 valence electrons. The number of amides is 1. The molecule has 0 aromatic carbocycles. The van der Waals surface area contributed by atoms with Crippen molar-refractivity contribution in [2.45, 2.75) is 50.2 Å². The Kier molecular flexibility index (Phi) is 6.51. The number of carbonyl (C=O) groups excluding carboxylic acids is 1. The van der Waals surface area contributed by atoms with Crippen molar-refractivity contribution in [3.05, 3.63) is 0 Å². The van der Waals surface area contributed by atoms with Gasteiger partial charge in [0.15, 0.2) is 0 Å². The molecule has 1 saturated heterocycles. The molecule has 2 aliphatic rings. The second-order valence-corrected chi connectivity index (χ2v) is 7.43. The van der Waals surface area contributed by atoms with E-state index in [0.29, 0.717) is 0 Å². The highest BCUT2D eigenvalue weighted by Gasteiger charge is 2.23. The van der Waals surface area contributed by atoms with Crippen molar-refractivity contribution in [1.29, 1.82) is 0 Å². The first kappa shape index (κ1) is 15.2. The first-order valence-electron chi connectivity index (χ1n) is 7.83. The standard InChI is InChI=1S/C15H28N2OS/c1-17-10-5-6-13(12-17)15(18)16-9-11-19-14-7-3-2-4-8-14/h13-14H,2-12H2,1H3,(H,16,18)/t13-/m0/s1. The van der Waals surface area contributed by atoms with Gasteiger partial charge in [-0.1, -0.05) is 19.3 Å². The number of carbonyl (C=O) groups is 1. The fourth-order valence-corrected chi connectivity index (χ4v) is 4.38. The summed E-state index contributed by atoms with van der Waals surface area (Å²) < 4.78 is 0. The van der Waals surface area contributed by atoms with Crippen molar-refractivity contribution in [2.24, 2.45) is 5.92 Å². The molecular weight excluding hydrogens is 256 g/mol. The summed E-state index contributed by atoms with van der Waals surface area (Å²) in [4.78, 5) is 14.3. The zero-order valence-corrected chi connectivity index (χ0v) is 13.0. The summed E-state index contributed by atoms with van der Waals surface area (Å²) in [5.74, 6) is 1.58. The van der Waals surface area contributed by atoms with Crippen LogP contribution in [0.1, 0.15) is 44.9 Å². The molecule has 1 N–H and O–H groups in total. The summed E-state index contributed by atoms with van der Waals surface area (Å²) in [5, 5.41) is 3.98. The quantitative estimate of drug-likeness (QED) is 0.787. The fourth-order valence-electron chi connectivity index (χ4n) is 3.16. The number of nitrogens with zero attached hydrogens (tertiary/aromatic N) is 1. The van der Waals surface area contributed by atoms with Crippen molar-refractivity contribution in [1.82, 2.24) is 10.2 Å². The highest BCUT2D eigenvalue weighted by molar-refractivity contribution is 7.99. The van der Waals surface area contributed by atoms with Crippen LogP contribution in [0.25, 0.3) is 0 Å². The van der Waals surface area contributed by atoms with Gasteiger partial charge in [0.05, 0.1) is 5.92 Å². The lowest BCUT2D eigenvalue weighted by Gasteiger charge is -2.28. The van der Waals surface area contributed by atoms with Crippen LogP contribution in [0, 0.1) is 5.92 Å². The van der Waals surface area contributed by atoms with Crippen LogP contribution in [0.2, 0.25) is 0 Å². The van der Waals surface area contributed by atoms with Crippen molar-refractivity contribution < 1.29 is 4.79 Å². The maximum absolute atomic E-state index is 12.0. The highest BCUT2D eigenvalue weighted by Crippen LogP contribution is 2.27. The van der Waals surface area contributed by atoms with E-state index in [1.165, 1.54) is 32.1 Å². The number of rotatable bonds is 5. The molecule has 0 spiro atoms. The molecule has 0 unspecified atom stereocenters. The number of nitrogens with one attached hydrogen (secondary N) is 1. The summed E-state index contributed by atoms with van der Waals surface area (Å²) in [6.07, 6.45) is 9.20.